The van der Waals surface area contributed by atoms with Crippen LogP contribution in [0.25, 0.3) is 0 Å². The van der Waals surface area contributed by atoms with Crippen molar-refractivity contribution in [2.75, 3.05) is 0 Å². The van der Waals surface area contributed by atoms with Crippen LogP contribution in [0.2, 0.25) is 0 Å². The second-order valence-electron chi connectivity index (χ2n) is 3.61. The third-order valence-corrected chi connectivity index (χ3v) is 2.46. The highest BCUT2D eigenvalue weighted by molar-refractivity contribution is 6.02. The number of amides is 2. The molecule has 4 heteroatoms. The van der Waals surface area contributed by atoms with Crippen molar-refractivity contribution >= 4 is 11.8 Å². The van der Waals surface area contributed by atoms with Gasteiger partial charge in [0.05, 0.1) is 0 Å². The zero-order valence-electron chi connectivity index (χ0n) is 9.05. The predicted octanol–water partition coefficient (Wildman–Crippen LogP) is 0.810. The maximum absolute atomic E-state index is 11.2. The number of benzene rings is 1. The van der Waals surface area contributed by atoms with E-state index in [2.05, 4.69) is 0 Å². The topological polar surface area (TPSA) is 86.2 Å². The average Bonchev–Trinajstić information content (AvgIpc) is 1.99. The van der Waals surface area contributed by atoms with Crippen LogP contribution in [0.1, 0.15) is 37.4 Å². The van der Waals surface area contributed by atoms with Crippen LogP contribution in [0.15, 0.2) is 6.07 Å². The summed E-state index contributed by atoms with van der Waals surface area (Å²) in [5.41, 5.74) is 13.3. The molecule has 0 aliphatic carbocycles. The summed E-state index contributed by atoms with van der Waals surface area (Å²) in [6, 6.07) is 1.74. The summed E-state index contributed by atoms with van der Waals surface area (Å²) in [5, 5.41) is 0. The molecule has 0 bridgehead atoms. The van der Waals surface area contributed by atoms with Gasteiger partial charge in [-0.05, 0) is 37.5 Å². The molecule has 0 aliphatic heterocycles. The molecule has 0 aliphatic rings. The number of rotatable bonds is 2. The second-order valence-corrected chi connectivity index (χ2v) is 3.61. The monoisotopic (exact) mass is 206 g/mol. The molecule has 0 unspecified atom stereocenters. The van der Waals surface area contributed by atoms with E-state index in [0.717, 1.165) is 11.1 Å². The van der Waals surface area contributed by atoms with Gasteiger partial charge in [0, 0.05) is 11.1 Å². The van der Waals surface area contributed by atoms with Gasteiger partial charge in [-0.1, -0.05) is 6.07 Å². The van der Waals surface area contributed by atoms with Gasteiger partial charge in [-0.2, -0.15) is 0 Å². The Labute approximate surface area is 88.3 Å². The SMILES string of the molecule is Cc1cc(C)c(C(N)=O)c(C)c1C(N)=O. The highest BCUT2D eigenvalue weighted by atomic mass is 16.1. The van der Waals surface area contributed by atoms with Gasteiger partial charge in [0.1, 0.15) is 0 Å². The van der Waals surface area contributed by atoms with Gasteiger partial charge in [-0.3, -0.25) is 9.59 Å². The average molecular weight is 206 g/mol. The van der Waals surface area contributed by atoms with Crippen molar-refractivity contribution in [3.05, 3.63) is 33.9 Å². The Morgan fingerprint density at radius 2 is 1.27 bits per heavy atom. The molecule has 1 aromatic rings. The summed E-state index contributed by atoms with van der Waals surface area (Å²) < 4.78 is 0. The molecule has 1 aromatic carbocycles. The van der Waals surface area contributed by atoms with Crippen molar-refractivity contribution < 1.29 is 9.59 Å². The molecule has 0 saturated heterocycles. The highest BCUT2D eigenvalue weighted by Crippen LogP contribution is 2.21. The number of aryl methyl sites for hydroxylation is 2. The zero-order valence-corrected chi connectivity index (χ0v) is 9.05. The van der Waals surface area contributed by atoms with Crippen molar-refractivity contribution in [2.45, 2.75) is 20.8 Å². The van der Waals surface area contributed by atoms with Crippen LogP contribution in [0, 0.1) is 20.8 Å². The lowest BCUT2D eigenvalue weighted by molar-refractivity contribution is 0.0998. The molecule has 80 valence electrons. The van der Waals surface area contributed by atoms with E-state index in [-0.39, 0.29) is 0 Å². The van der Waals surface area contributed by atoms with E-state index >= 15 is 0 Å². The molecule has 15 heavy (non-hydrogen) atoms. The van der Waals surface area contributed by atoms with Crippen LogP contribution in [0.3, 0.4) is 0 Å². The first-order valence-electron chi connectivity index (χ1n) is 4.56. The van der Waals surface area contributed by atoms with Gasteiger partial charge >= 0.3 is 0 Å². The van der Waals surface area contributed by atoms with Gasteiger partial charge in [-0.25, -0.2) is 0 Å². The van der Waals surface area contributed by atoms with Gasteiger partial charge in [0.2, 0.25) is 11.8 Å². The predicted molar refractivity (Wildman–Crippen MR) is 57.7 cm³/mol. The minimum Gasteiger partial charge on any atom is -0.366 e. The zero-order chi connectivity index (χ0) is 11.7. The Hall–Kier alpha value is -1.84. The fourth-order valence-electron chi connectivity index (χ4n) is 1.94. The summed E-state index contributed by atoms with van der Waals surface area (Å²) >= 11 is 0. The van der Waals surface area contributed by atoms with Gasteiger partial charge in [0.25, 0.3) is 0 Å². The van der Waals surface area contributed by atoms with Crippen LogP contribution in [0.4, 0.5) is 0 Å². The minimum absolute atomic E-state index is 0.384. The lowest BCUT2D eigenvalue weighted by atomic mass is 9.93. The number of nitrogens with two attached hydrogens (primary N) is 2. The minimum atomic E-state index is -0.535. The summed E-state index contributed by atoms with van der Waals surface area (Å²) in [5.74, 6) is -1.07. The molecule has 1 rings (SSSR count). The van der Waals surface area contributed by atoms with E-state index in [1.54, 1.807) is 26.8 Å². The standard InChI is InChI=1S/C11H14N2O2/c1-5-4-6(2)9(11(13)15)7(3)8(5)10(12)14/h4H,1-3H3,(H2,12,14)(H2,13,15). The third kappa shape index (κ3) is 1.83. The van der Waals surface area contributed by atoms with Crippen molar-refractivity contribution in [3.63, 3.8) is 0 Å². The van der Waals surface area contributed by atoms with Crippen LogP contribution in [-0.2, 0) is 0 Å². The smallest absolute Gasteiger partial charge is 0.249 e. The summed E-state index contributed by atoms with van der Waals surface area (Å²) in [6.07, 6.45) is 0. The Morgan fingerprint density at radius 3 is 1.53 bits per heavy atom. The molecule has 4 nitrogen and oxygen atoms in total. The summed E-state index contributed by atoms with van der Waals surface area (Å²) in [7, 11) is 0. The lowest BCUT2D eigenvalue weighted by Gasteiger charge is -2.12. The Balaban J connectivity index is 3.64. The van der Waals surface area contributed by atoms with Crippen molar-refractivity contribution in [1.82, 2.24) is 0 Å². The highest BCUT2D eigenvalue weighted by Gasteiger charge is 2.17. The molecule has 0 aromatic heterocycles. The van der Waals surface area contributed by atoms with E-state index in [1.807, 2.05) is 0 Å². The second kappa shape index (κ2) is 3.73. The van der Waals surface area contributed by atoms with Crippen molar-refractivity contribution in [1.29, 1.82) is 0 Å². The summed E-state index contributed by atoms with van der Waals surface area (Å²) in [6.45, 7) is 5.25. The van der Waals surface area contributed by atoms with Gasteiger partial charge < -0.3 is 11.5 Å². The van der Waals surface area contributed by atoms with Gasteiger partial charge in [0.15, 0.2) is 0 Å². The summed E-state index contributed by atoms with van der Waals surface area (Å²) in [4.78, 5) is 22.4. The Morgan fingerprint density at radius 1 is 0.933 bits per heavy atom. The van der Waals surface area contributed by atoms with Crippen molar-refractivity contribution in [3.8, 4) is 0 Å². The lowest BCUT2D eigenvalue weighted by Crippen LogP contribution is -2.21. The van der Waals surface area contributed by atoms with E-state index in [0.29, 0.717) is 16.7 Å². The van der Waals surface area contributed by atoms with Gasteiger partial charge in [-0.15, -0.1) is 0 Å². The van der Waals surface area contributed by atoms with Crippen molar-refractivity contribution in [2.24, 2.45) is 11.5 Å². The molecule has 0 radical (unpaired) electrons. The molecule has 2 amide bonds. The molecule has 0 fully saturated rings. The van der Waals surface area contributed by atoms with Crippen LogP contribution >= 0.6 is 0 Å². The van der Waals surface area contributed by atoms with E-state index < -0.39 is 11.8 Å². The number of hydrogen-bond acceptors (Lipinski definition) is 2. The van der Waals surface area contributed by atoms with E-state index in [4.69, 9.17) is 11.5 Å². The third-order valence-electron chi connectivity index (χ3n) is 2.46. The number of hydrogen-bond donors (Lipinski definition) is 2. The molecule has 0 spiro atoms. The first-order valence-corrected chi connectivity index (χ1v) is 4.56. The maximum Gasteiger partial charge on any atom is 0.249 e. The quantitative estimate of drug-likeness (QED) is 0.750. The number of carbonyl (C=O) groups excluding carboxylic acids is 2. The first kappa shape index (κ1) is 11.2. The van der Waals surface area contributed by atoms with Crippen LogP contribution in [-0.4, -0.2) is 11.8 Å². The molecule has 0 saturated carbocycles. The largest absolute Gasteiger partial charge is 0.366 e. The number of primary amides is 2. The normalized spacial score (nSPS) is 10.1. The van der Waals surface area contributed by atoms with E-state index in [1.165, 1.54) is 0 Å². The van der Waals surface area contributed by atoms with Crippen LogP contribution in [0.5, 0.6) is 0 Å². The fourth-order valence-corrected chi connectivity index (χ4v) is 1.94. The molecule has 0 atom stereocenters. The van der Waals surface area contributed by atoms with Crippen LogP contribution < -0.4 is 11.5 Å². The maximum atomic E-state index is 11.2. The van der Waals surface area contributed by atoms with E-state index in [9.17, 15) is 9.59 Å². The molecular weight excluding hydrogens is 192 g/mol. The fraction of sp³-hybridized carbons (Fsp3) is 0.273. The molecule has 4 N–H and O–H groups in total. The first-order chi connectivity index (χ1) is 6.86. The molecule has 0 heterocycles. The number of carbonyl (C=O) groups is 2. The Bertz CT molecular complexity index is 412. The molecular formula is C11H14N2O2. The Kier molecular flexibility index (Phi) is 2.79.